The van der Waals surface area contributed by atoms with Gasteiger partial charge in [0.2, 0.25) is 5.95 Å². The maximum atomic E-state index is 5.74. The molecule has 0 unspecified atom stereocenters. The first kappa shape index (κ1) is 11.6. The van der Waals surface area contributed by atoms with E-state index in [-0.39, 0.29) is 0 Å². The molecule has 2 N–H and O–H groups in total. The molecular formula is C11H17BrN4. The second-order valence-corrected chi connectivity index (χ2v) is 4.95. The van der Waals surface area contributed by atoms with Crippen LogP contribution in [0.15, 0.2) is 10.7 Å². The minimum atomic E-state index is 0.522. The van der Waals surface area contributed by atoms with E-state index in [4.69, 9.17) is 5.73 Å². The number of nitrogens with two attached hydrogens (primary N) is 1. The minimum Gasteiger partial charge on any atom is -0.383 e. The molecule has 1 aliphatic carbocycles. The van der Waals surface area contributed by atoms with Crippen molar-refractivity contribution in [3.8, 4) is 0 Å². The van der Waals surface area contributed by atoms with Gasteiger partial charge in [-0.2, -0.15) is 4.98 Å². The maximum Gasteiger partial charge on any atom is 0.228 e. The summed E-state index contributed by atoms with van der Waals surface area (Å²) in [4.78, 5) is 11.0. The van der Waals surface area contributed by atoms with Gasteiger partial charge in [-0.25, -0.2) is 4.98 Å². The van der Waals surface area contributed by atoms with E-state index in [0.29, 0.717) is 11.9 Å². The van der Waals surface area contributed by atoms with Crippen molar-refractivity contribution in [2.45, 2.75) is 38.6 Å². The second-order valence-electron chi connectivity index (χ2n) is 4.14. The predicted molar refractivity (Wildman–Crippen MR) is 69.4 cm³/mol. The van der Waals surface area contributed by atoms with Gasteiger partial charge in [0.1, 0.15) is 10.4 Å². The topological polar surface area (TPSA) is 55.0 Å². The Labute approximate surface area is 104 Å². The average molecular weight is 285 g/mol. The standard InChI is InChI=1S/C11H17BrN4/c1-2-16(8-5-3-4-6-8)11-14-9(12)7-10(13)15-11/h7-8H,2-6H2,1H3,(H2,13,14,15). The highest BCUT2D eigenvalue weighted by Crippen LogP contribution is 2.27. The zero-order chi connectivity index (χ0) is 11.5. The van der Waals surface area contributed by atoms with Crippen molar-refractivity contribution in [3.63, 3.8) is 0 Å². The van der Waals surface area contributed by atoms with Crippen molar-refractivity contribution in [2.75, 3.05) is 17.2 Å². The Bertz CT molecular complexity index is 343. The minimum absolute atomic E-state index is 0.522. The lowest BCUT2D eigenvalue weighted by Gasteiger charge is -2.27. The van der Waals surface area contributed by atoms with Gasteiger partial charge in [-0.05, 0) is 35.7 Å². The molecule has 5 heteroatoms. The smallest absolute Gasteiger partial charge is 0.228 e. The molecule has 88 valence electrons. The molecule has 0 atom stereocenters. The Hall–Kier alpha value is -0.840. The van der Waals surface area contributed by atoms with Crippen LogP contribution >= 0.6 is 15.9 Å². The first-order chi connectivity index (χ1) is 7.70. The molecule has 0 aromatic carbocycles. The number of nitrogens with zero attached hydrogens (tertiary/aromatic N) is 3. The third-order valence-corrected chi connectivity index (χ3v) is 3.47. The highest BCUT2D eigenvalue weighted by atomic mass is 79.9. The van der Waals surface area contributed by atoms with Gasteiger partial charge < -0.3 is 10.6 Å². The molecular weight excluding hydrogens is 268 g/mol. The van der Waals surface area contributed by atoms with E-state index >= 15 is 0 Å². The van der Waals surface area contributed by atoms with Crippen molar-refractivity contribution in [1.29, 1.82) is 0 Å². The van der Waals surface area contributed by atoms with Crippen LogP contribution in [0.4, 0.5) is 11.8 Å². The quantitative estimate of drug-likeness (QED) is 0.867. The number of rotatable bonds is 3. The summed E-state index contributed by atoms with van der Waals surface area (Å²) >= 11 is 3.36. The molecule has 0 spiro atoms. The van der Waals surface area contributed by atoms with Crippen molar-refractivity contribution < 1.29 is 0 Å². The SMILES string of the molecule is CCN(c1nc(N)cc(Br)n1)C1CCCC1. The molecule has 0 aliphatic heterocycles. The van der Waals surface area contributed by atoms with E-state index in [0.717, 1.165) is 17.1 Å². The van der Waals surface area contributed by atoms with E-state index in [1.807, 2.05) is 0 Å². The fourth-order valence-electron chi connectivity index (χ4n) is 2.33. The Kier molecular flexibility index (Phi) is 3.63. The molecule has 0 amide bonds. The van der Waals surface area contributed by atoms with Crippen LogP contribution in [-0.2, 0) is 0 Å². The van der Waals surface area contributed by atoms with Gasteiger partial charge in [0.25, 0.3) is 0 Å². The van der Waals surface area contributed by atoms with Crippen LogP contribution < -0.4 is 10.6 Å². The van der Waals surface area contributed by atoms with E-state index in [1.54, 1.807) is 6.07 Å². The van der Waals surface area contributed by atoms with E-state index in [2.05, 4.69) is 37.7 Å². The molecule has 1 fully saturated rings. The van der Waals surface area contributed by atoms with Crippen molar-refractivity contribution in [3.05, 3.63) is 10.7 Å². The van der Waals surface area contributed by atoms with Gasteiger partial charge in [-0.3, -0.25) is 0 Å². The first-order valence-corrected chi connectivity index (χ1v) is 6.56. The summed E-state index contributed by atoms with van der Waals surface area (Å²) < 4.78 is 0.756. The zero-order valence-electron chi connectivity index (χ0n) is 9.49. The Morgan fingerprint density at radius 1 is 1.44 bits per heavy atom. The number of nitrogen functional groups attached to an aromatic ring is 1. The first-order valence-electron chi connectivity index (χ1n) is 5.77. The highest BCUT2D eigenvalue weighted by molar-refractivity contribution is 9.10. The normalized spacial score (nSPS) is 16.6. The second kappa shape index (κ2) is 4.99. The number of aromatic nitrogens is 2. The lowest BCUT2D eigenvalue weighted by atomic mass is 10.2. The Morgan fingerprint density at radius 3 is 2.69 bits per heavy atom. The summed E-state index contributed by atoms with van der Waals surface area (Å²) in [5, 5.41) is 0. The predicted octanol–water partition coefficient (Wildman–Crippen LogP) is 2.59. The maximum absolute atomic E-state index is 5.74. The molecule has 4 nitrogen and oxygen atoms in total. The van der Waals surface area contributed by atoms with Crippen molar-refractivity contribution >= 4 is 27.7 Å². The summed E-state index contributed by atoms with van der Waals surface area (Å²) in [6, 6.07) is 2.31. The van der Waals surface area contributed by atoms with Crippen molar-refractivity contribution in [1.82, 2.24) is 9.97 Å². The number of hydrogen-bond acceptors (Lipinski definition) is 4. The molecule has 1 aromatic rings. The summed E-state index contributed by atoms with van der Waals surface area (Å²) in [6.07, 6.45) is 5.10. The van der Waals surface area contributed by atoms with Gasteiger partial charge in [-0.15, -0.1) is 0 Å². The van der Waals surface area contributed by atoms with Gasteiger partial charge >= 0.3 is 0 Å². The summed E-state index contributed by atoms with van der Waals surface area (Å²) in [6.45, 7) is 3.07. The number of hydrogen-bond donors (Lipinski definition) is 1. The van der Waals surface area contributed by atoms with E-state index in [9.17, 15) is 0 Å². The van der Waals surface area contributed by atoms with Crippen LogP contribution in [0.5, 0.6) is 0 Å². The van der Waals surface area contributed by atoms with E-state index < -0.39 is 0 Å². The molecule has 0 saturated heterocycles. The molecule has 1 aromatic heterocycles. The van der Waals surface area contributed by atoms with Gasteiger partial charge in [0, 0.05) is 18.7 Å². The van der Waals surface area contributed by atoms with Crippen LogP contribution in [0.25, 0.3) is 0 Å². The summed E-state index contributed by atoms with van der Waals surface area (Å²) in [7, 11) is 0. The molecule has 1 aliphatic rings. The van der Waals surface area contributed by atoms with Crippen LogP contribution in [0.2, 0.25) is 0 Å². The number of halogens is 1. The van der Waals surface area contributed by atoms with Crippen LogP contribution in [0.3, 0.4) is 0 Å². The molecule has 1 saturated carbocycles. The fourth-order valence-corrected chi connectivity index (χ4v) is 2.72. The van der Waals surface area contributed by atoms with Crippen LogP contribution in [0.1, 0.15) is 32.6 Å². The van der Waals surface area contributed by atoms with Crippen molar-refractivity contribution in [2.24, 2.45) is 0 Å². The van der Waals surface area contributed by atoms with Gasteiger partial charge in [0.05, 0.1) is 0 Å². The molecule has 2 rings (SSSR count). The molecule has 16 heavy (non-hydrogen) atoms. The largest absolute Gasteiger partial charge is 0.383 e. The van der Waals surface area contributed by atoms with E-state index in [1.165, 1.54) is 25.7 Å². The number of anilines is 2. The third kappa shape index (κ3) is 2.45. The molecule has 0 radical (unpaired) electrons. The Morgan fingerprint density at radius 2 is 2.12 bits per heavy atom. The molecule has 0 bridgehead atoms. The highest BCUT2D eigenvalue weighted by Gasteiger charge is 2.23. The monoisotopic (exact) mass is 284 g/mol. The Balaban J connectivity index is 2.24. The average Bonchev–Trinajstić information content (AvgIpc) is 2.70. The van der Waals surface area contributed by atoms with Gasteiger partial charge in [-0.1, -0.05) is 12.8 Å². The van der Waals surface area contributed by atoms with Crippen LogP contribution in [-0.4, -0.2) is 22.6 Å². The summed E-state index contributed by atoms with van der Waals surface area (Å²) in [5.74, 6) is 1.27. The van der Waals surface area contributed by atoms with Crippen LogP contribution in [0, 0.1) is 0 Å². The third-order valence-electron chi connectivity index (χ3n) is 3.07. The lowest BCUT2D eigenvalue weighted by molar-refractivity contribution is 0.605. The van der Waals surface area contributed by atoms with Gasteiger partial charge in [0.15, 0.2) is 0 Å². The fraction of sp³-hybridized carbons (Fsp3) is 0.636. The molecule has 1 heterocycles. The lowest BCUT2D eigenvalue weighted by Crippen LogP contribution is -2.34. The zero-order valence-corrected chi connectivity index (χ0v) is 11.1. The summed E-state index contributed by atoms with van der Waals surface area (Å²) in [5.41, 5.74) is 5.74.